The van der Waals surface area contributed by atoms with Crippen LogP contribution in [0.1, 0.15) is 24.2 Å². The summed E-state index contributed by atoms with van der Waals surface area (Å²) in [5.74, 6) is 0. The minimum absolute atomic E-state index is 0.460. The Bertz CT molecular complexity index is 462. The highest BCUT2D eigenvalue weighted by Crippen LogP contribution is 2.13. The second kappa shape index (κ2) is 4.80. The smallest absolute Gasteiger partial charge is 0.0792 e. The number of rotatable bonds is 3. The van der Waals surface area contributed by atoms with E-state index in [1.807, 2.05) is 35.1 Å². The van der Waals surface area contributed by atoms with E-state index in [9.17, 15) is 5.11 Å². The largest absolute Gasteiger partial charge is 0.389 e. The zero-order valence-corrected chi connectivity index (χ0v) is 10.6. The molecule has 0 aliphatic rings. The van der Waals surface area contributed by atoms with Crippen molar-refractivity contribution in [3.8, 4) is 0 Å². The molecule has 0 aliphatic carbocycles. The highest BCUT2D eigenvalue weighted by Gasteiger charge is 2.04. The molecule has 0 bridgehead atoms. The van der Waals surface area contributed by atoms with Gasteiger partial charge < -0.3 is 5.11 Å². The van der Waals surface area contributed by atoms with E-state index in [2.05, 4.69) is 21.0 Å². The average Bonchev–Trinajstić information content (AvgIpc) is 2.70. The summed E-state index contributed by atoms with van der Waals surface area (Å²) in [4.78, 5) is 0. The molecular formula is C12H13BrN2O. The van der Waals surface area contributed by atoms with Crippen LogP contribution in [0.15, 0.2) is 41.1 Å². The SMILES string of the molecule is CC(O)c1cnn(Cc2ccc(Br)cc2)c1. The van der Waals surface area contributed by atoms with E-state index in [0.29, 0.717) is 0 Å². The van der Waals surface area contributed by atoms with Gasteiger partial charge in [0.1, 0.15) is 0 Å². The highest BCUT2D eigenvalue weighted by atomic mass is 79.9. The van der Waals surface area contributed by atoms with E-state index in [1.165, 1.54) is 5.56 Å². The molecule has 1 aromatic heterocycles. The maximum absolute atomic E-state index is 9.38. The zero-order chi connectivity index (χ0) is 11.5. The molecule has 3 nitrogen and oxygen atoms in total. The lowest BCUT2D eigenvalue weighted by Gasteiger charge is -2.02. The molecule has 0 spiro atoms. The van der Waals surface area contributed by atoms with Crippen LogP contribution >= 0.6 is 15.9 Å². The van der Waals surface area contributed by atoms with E-state index in [0.717, 1.165) is 16.6 Å². The van der Waals surface area contributed by atoms with Crippen LogP contribution < -0.4 is 0 Å². The Morgan fingerprint density at radius 1 is 1.38 bits per heavy atom. The third-order valence-corrected chi connectivity index (χ3v) is 2.92. The maximum atomic E-state index is 9.38. The number of halogens is 1. The van der Waals surface area contributed by atoms with Gasteiger partial charge in [0.25, 0.3) is 0 Å². The van der Waals surface area contributed by atoms with Crippen molar-refractivity contribution in [2.45, 2.75) is 19.6 Å². The van der Waals surface area contributed by atoms with Crippen molar-refractivity contribution in [3.63, 3.8) is 0 Å². The average molecular weight is 281 g/mol. The molecule has 0 saturated heterocycles. The molecule has 0 amide bonds. The number of aliphatic hydroxyl groups is 1. The second-order valence-electron chi connectivity index (χ2n) is 3.77. The molecule has 1 atom stereocenters. The van der Waals surface area contributed by atoms with Gasteiger partial charge in [0.15, 0.2) is 0 Å². The summed E-state index contributed by atoms with van der Waals surface area (Å²) < 4.78 is 2.90. The van der Waals surface area contributed by atoms with Crippen molar-refractivity contribution in [3.05, 3.63) is 52.3 Å². The first-order chi connectivity index (χ1) is 7.65. The Morgan fingerprint density at radius 3 is 2.62 bits per heavy atom. The van der Waals surface area contributed by atoms with Crippen molar-refractivity contribution in [2.24, 2.45) is 0 Å². The van der Waals surface area contributed by atoms with Crippen molar-refractivity contribution in [1.82, 2.24) is 9.78 Å². The van der Waals surface area contributed by atoms with Crippen LogP contribution in [0.5, 0.6) is 0 Å². The molecule has 1 unspecified atom stereocenters. The molecule has 4 heteroatoms. The van der Waals surface area contributed by atoms with Crippen LogP contribution in [0, 0.1) is 0 Å². The van der Waals surface area contributed by atoms with E-state index in [1.54, 1.807) is 13.1 Å². The van der Waals surface area contributed by atoms with E-state index in [-0.39, 0.29) is 0 Å². The number of benzene rings is 1. The Kier molecular flexibility index (Phi) is 3.41. The van der Waals surface area contributed by atoms with Crippen LogP contribution in [-0.2, 0) is 6.54 Å². The van der Waals surface area contributed by atoms with Gasteiger partial charge in [-0.1, -0.05) is 28.1 Å². The van der Waals surface area contributed by atoms with Crippen molar-refractivity contribution in [1.29, 1.82) is 0 Å². The number of nitrogens with zero attached hydrogens (tertiary/aromatic N) is 2. The minimum atomic E-state index is -0.460. The molecule has 1 heterocycles. The molecule has 0 saturated carbocycles. The lowest BCUT2D eigenvalue weighted by atomic mass is 10.2. The summed E-state index contributed by atoms with van der Waals surface area (Å²) in [7, 11) is 0. The first-order valence-corrected chi connectivity index (χ1v) is 5.89. The Labute approximate surface area is 103 Å². The van der Waals surface area contributed by atoms with Gasteiger partial charge in [0.2, 0.25) is 0 Å². The summed E-state index contributed by atoms with van der Waals surface area (Å²) in [5, 5.41) is 13.6. The Morgan fingerprint density at radius 2 is 2.06 bits per heavy atom. The maximum Gasteiger partial charge on any atom is 0.0792 e. The number of hydrogen-bond acceptors (Lipinski definition) is 2. The predicted molar refractivity (Wildman–Crippen MR) is 66.1 cm³/mol. The quantitative estimate of drug-likeness (QED) is 0.939. The van der Waals surface area contributed by atoms with Gasteiger partial charge >= 0.3 is 0 Å². The molecule has 0 radical (unpaired) electrons. The van der Waals surface area contributed by atoms with Crippen LogP contribution in [0.4, 0.5) is 0 Å². The lowest BCUT2D eigenvalue weighted by Crippen LogP contribution is -1.99. The highest BCUT2D eigenvalue weighted by molar-refractivity contribution is 9.10. The topological polar surface area (TPSA) is 38.1 Å². The van der Waals surface area contributed by atoms with E-state index < -0.39 is 6.10 Å². The van der Waals surface area contributed by atoms with Gasteiger partial charge in [0.05, 0.1) is 18.8 Å². The van der Waals surface area contributed by atoms with Gasteiger partial charge in [-0.05, 0) is 24.6 Å². The van der Waals surface area contributed by atoms with Crippen molar-refractivity contribution in [2.75, 3.05) is 0 Å². The van der Waals surface area contributed by atoms with Gasteiger partial charge in [-0.3, -0.25) is 4.68 Å². The molecule has 2 rings (SSSR count). The van der Waals surface area contributed by atoms with Gasteiger partial charge in [-0.15, -0.1) is 0 Å². The van der Waals surface area contributed by atoms with Crippen LogP contribution in [0.3, 0.4) is 0 Å². The fourth-order valence-electron chi connectivity index (χ4n) is 1.46. The summed E-state index contributed by atoms with van der Waals surface area (Å²) in [6.07, 6.45) is 3.11. The van der Waals surface area contributed by atoms with Gasteiger partial charge in [0, 0.05) is 16.2 Å². The Hall–Kier alpha value is -1.13. The second-order valence-corrected chi connectivity index (χ2v) is 4.69. The third kappa shape index (κ3) is 2.71. The molecule has 1 aromatic carbocycles. The first kappa shape index (κ1) is 11.4. The number of aliphatic hydroxyl groups excluding tert-OH is 1. The normalized spacial score (nSPS) is 12.7. The summed E-state index contributed by atoms with van der Waals surface area (Å²) in [6, 6.07) is 8.12. The standard InChI is InChI=1S/C12H13BrN2O/c1-9(16)11-6-14-15(8-11)7-10-2-4-12(13)5-3-10/h2-6,8-9,16H,7H2,1H3. The summed E-state index contributed by atoms with van der Waals surface area (Å²) >= 11 is 3.40. The van der Waals surface area contributed by atoms with Crippen molar-refractivity contribution < 1.29 is 5.11 Å². The summed E-state index contributed by atoms with van der Waals surface area (Å²) in [5.41, 5.74) is 2.03. The number of hydrogen-bond donors (Lipinski definition) is 1. The minimum Gasteiger partial charge on any atom is -0.389 e. The predicted octanol–water partition coefficient (Wildman–Crippen LogP) is 2.75. The van der Waals surface area contributed by atoms with Gasteiger partial charge in [-0.2, -0.15) is 5.10 Å². The fraction of sp³-hybridized carbons (Fsp3) is 0.250. The first-order valence-electron chi connectivity index (χ1n) is 5.10. The Balaban J connectivity index is 2.11. The lowest BCUT2D eigenvalue weighted by molar-refractivity contribution is 0.199. The number of aromatic nitrogens is 2. The third-order valence-electron chi connectivity index (χ3n) is 2.39. The fourth-order valence-corrected chi connectivity index (χ4v) is 1.72. The molecular weight excluding hydrogens is 268 g/mol. The molecule has 1 N–H and O–H groups in total. The molecule has 0 fully saturated rings. The van der Waals surface area contributed by atoms with Crippen LogP contribution in [0.2, 0.25) is 0 Å². The zero-order valence-electron chi connectivity index (χ0n) is 8.97. The van der Waals surface area contributed by atoms with Crippen molar-refractivity contribution >= 4 is 15.9 Å². The molecule has 16 heavy (non-hydrogen) atoms. The molecule has 2 aromatic rings. The van der Waals surface area contributed by atoms with Crippen LogP contribution in [0.25, 0.3) is 0 Å². The van der Waals surface area contributed by atoms with Gasteiger partial charge in [-0.25, -0.2) is 0 Å². The monoisotopic (exact) mass is 280 g/mol. The van der Waals surface area contributed by atoms with Crippen LogP contribution in [-0.4, -0.2) is 14.9 Å². The molecule has 84 valence electrons. The molecule has 0 aliphatic heterocycles. The van der Waals surface area contributed by atoms with E-state index >= 15 is 0 Å². The van der Waals surface area contributed by atoms with E-state index in [4.69, 9.17) is 0 Å². The summed E-state index contributed by atoms with van der Waals surface area (Å²) in [6.45, 7) is 2.46.